The smallest absolute Gasteiger partial charge is 0.0465 e. The minimum absolute atomic E-state index is 0.112. The van der Waals surface area contributed by atoms with E-state index in [1.165, 1.54) is 0 Å². The molecule has 8 heavy (non-hydrogen) atoms. The van der Waals surface area contributed by atoms with Crippen molar-refractivity contribution in [3.8, 4) is 0 Å². The average Bonchev–Trinajstić information content (AvgIpc) is 1.68. The van der Waals surface area contributed by atoms with Gasteiger partial charge in [-0.1, -0.05) is 6.92 Å². The largest absolute Gasteiger partial charge is 0.396 e. The van der Waals surface area contributed by atoms with E-state index in [-0.39, 0.29) is 13.2 Å². The Morgan fingerprint density at radius 2 is 2.12 bits per heavy atom. The second kappa shape index (κ2) is 5.06. The maximum absolute atomic E-state index is 8.36. The van der Waals surface area contributed by atoms with Crippen LogP contribution in [0.2, 0.25) is 0 Å². The zero-order valence-corrected chi connectivity index (χ0v) is 5.17. The molecule has 1 radical (unpaired) electrons. The molecule has 0 saturated heterocycles. The molecule has 49 valence electrons. The molecule has 0 spiro atoms. The van der Waals surface area contributed by atoms with Gasteiger partial charge in [-0.15, -0.1) is 0 Å². The van der Waals surface area contributed by atoms with Gasteiger partial charge in [-0.25, -0.2) is 0 Å². The summed E-state index contributed by atoms with van der Waals surface area (Å²) in [4.78, 5) is 0. The predicted molar refractivity (Wildman–Crippen MR) is 32.3 cm³/mol. The van der Waals surface area contributed by atoms with Crippen molar-refractivity contribution < 1.29 is 10.2 Å². The highest BCUT2D eigenvalue weighted by Crippen LogP contribution is 2.02. The molecule has 0 amide bonds. The highest BCUT2D eigenvalue weighted by Gasteiger charge is 1.97. The molecule has 0 bridgehead atoms. The standard InChI is InChI=1S/C6H13O2/c1-6(2-4-7)3-5-8/h2,6-8H,3-5H2,1H3. The molecule has 0 heterocycles. The average molecular weight is 117 g/mol. The molecule has 0 aliphatic rings. The van der Waals surface area contributed by atoms with Crippen LogP contribution < -0.4 is 0 Å². The van der Waals surface area contributed by atoms with E-state index in [0.717, 1.165) is 6.42 Å². The number of rotatable bonds is 4. The van der Waals surface area contributed by atoms with Gasteiger partial charge >= 0.3 is 0 Å². The van der Waals surface area contributed by atoms with E-state index in [2.05, 4.69) is 0 Å². The molecule has 1 atom stereocenters. The van der Waals surface area contributed by atoms with Crippen molar-refractivity contribution in [3.63, 3.8) is 0 Å². The van der Waals surface area contributed by atoms with Crippen LogP contribution in [-0.2, 0) is 0 Å². The van der Waals surface area contributed by atoms with E-state index in [4.69, 9.17) is 10.2 Å². The lowest BCUT2D eigenvalue weighted by Crippen LogP contribution is -2.00. The molecular formula is C6H13O2. The van der Waals surface area contributed by atoms with Crippen molar-refractivity contribution in [2.45, 2.75) is 13.3 Å². The fourth-order valence-electron chi connectivity index (χ4n) is 0.501. The van der Waals surface area contributed by atoms with Crippen molar-refractivity contribution >= 4 is 0 Å². The van der Waals surface area contributed by atoms with Crippen LogP contribution >= 0.6 is 0 Å². The van der Waals surface area contributed by atoms with E-state index >= 15 is 0 Å². The van der Waals surface area contributed by atoms with Crippen LogP contribution in [0.3, 0.4) is 0 Å². The third kappa shape index (κ3) is 4.09. The van der Waals surface area contributed by atoms with E-state index in [0.29, 0.717) is 5.92 Å². The molecule has 0 aromatic carbocycles. The normalized spacial score (nSPS) is 10.5. The second-order valence-electron chi connectivity index (χ2n) is 1.91. The third-order valence-electron chi connectivity index (χ3n) is 1.09. The molecular weight excluding hydrogens is 104 g/mol. The Kier molecular flexibility index (Phi) is 5.01. The molecule has 2 N–H and O–H groups in total. The van der Waals surface area contributed by atoms with Crippen molar-refractivity contribution in [2.24, 2.45) is 5.92 Å². The monoisotopic (exact) mass is 117 g/mol. The minimum Gasteiger partial charge on any atom is -0.396 e. The van der Waals surface area contributed by atoms with E-state index in [1.54, 1.807) is 6.42 Å². The SMILES string of the molecule is CC([CH]CO)CCO. The van der Waals surface area contributed by atoms with Crippen molar-refractivity contribution in [3.05, 3.63) is 6.42 Å². The molecule has 0 saturated carbocycles. The van der Waals surface area contributed by atoms with E-state index in [9.17, 15) is 0 Å². The van der Waals surface area contributed by atoms with Crippen LogP contribution in [0.5, 0.6) is 0 Å². The summed E-state index contributed by atoms with van der Waals surface area (Å²) in [6, 6.07) is 0. The lowest BCUT2D eigenvalue weighted by Gasteiger charge is -2.04. The Labute approximate surface area is 50.2 Å². The second-order valence-corrected chi connectivity index (χ2v) is 1.91. The van der Waals surface area contributed by atoms with Crippen LogP contribution in [0.25, 0.3) is 0 Å². The van der Waals surface area contributed by atoms with Gasteiger partial charge in [-0.3, -0.25) is 0 Å². The van der Waals surface area contributed by atoms with Crippen molar-refractivity contribution in [1.29, 1.82) is 0 Å². The molecule has 0 aromatic heterocycles. The van der Waals surface area contributed by atoms with Gasteiger partial charge in [0.05, 0.1) is 0 Å². The van der Waals surface area contributed by atoms with E-state index < -0.39 is 0 Å². The highest BCUT2D eigenvalue weighted by molar-refractivity contribution is 4.69. The molecule has 2 heteroatoms. The van der Waals surface area contributed by atoms with Crippen molar-refractivity contribution in [2.75, 3.05) is 13.2 Å². The molecule has 0 aliphatic heterocycles. The van der Waals surface area contributed by atoms with Gasteiger partial charge in [0.25, 0.3) is 0 Å². The molecule has 1 unspecified atom stereocenters. The molecule has 2 nitrogen and oxygen atoms in total. The number of hydrogen-bond donors (Lipinski definition) is 2. The van der Waals surface area contributed by atoms with Crippen molar-refractivity contribution in [1.82, 2.24) is 0 Å². The zero-order chi connectivity index (χ0) is 6.41. The fraction of sp³-hybridized carbons (Fsp3) is 0.833. The Bertz CT molecular complexity index is 39.8. The maximum Gasteiger partial charge on any atom is 0.0465 e. The van der Waals surface area contributed by atoms with Crippen LogP contribution in [0.15, 0.2) is 0 Å². The molecule has 0 rings (SSSR count). The van der Waals surface area contributed by atoms with Crippen LogP contribution in [-0.4, -0.2) is 23.4 Å². The molecule has 0 fully saturated rings. The summed E-state index contributed by atoms with van der Waals surface area (Å²) < 4.78 is 0. The summed E-state index contributed by atoms with van der Waals surface area (Å²) >= 11 is 0. The first-order valence-electron chi connectivity index (χ1n) is 2.86. The quantitative estimate of drug-likeness (QED) is 0.552. The lowest BCUT2D eigenvalue weighted by molar-refractivity contribution is 0.256. The zero-order valence-electron chi connectivity index (χ0n) is 5.17. The van der Waals surface area contributed by atoms with Gasteiger partial charge in [0.15, 0.2) is 0 Å². The maximum atomic E-state index is 8.36. The summed E-state index contributed by atoms with van der Waals surface area (Å²) in [6.45, 7) is 2.28. The van der Waals surface area contributed by atoms with Gasteiger partial charge < -0.3 is 10.2 Å². The van der Waals surface area contributed by atoms with Gasteiger partial charge in [0, 0.05) is 13.2 Å². The highest BCUT2D eigenvalue weighted by atomic mass is 16.3. The summed E-state index contributed by atoms with van der Waals surface area (Å²) in [5.41, 5.74) is 0. The van der Waals surface area contributed by atoms with E-state index in [1.807, 2.05) is 6.92 Å². The Balaban J connectivity index is 2.92. The Morgan fingerprint density at radius 1 is 1.50 bits per heavy atom. The molecule has 0 aromatic rings. The first-order chi connectivity index (χ1) is 3.81. The van der Waals surface area contributed by atoms with Gasteiger partial charge in [-0.05, 0) is 18.8 Å². The summed E-state index contributed by atoms with van der Waals surface area (Å²) in [5.74, 6) is 0.338. The summed E-state index contributed by atoms with van der Waals surface area (Å²) in [6.07, 6.45) is 2.52. The van der Waals surface area contributed by atoms with Crippen LogP contribution in [0.1, 0.15) is 13.3 Å². The number of aliphatic hydroxyl groups excluding tert-OH is 2. The van der Waals surface area contributed by atoms with Crippen LogP contribution in [0, 0.1) is 12.3 Å². The topological polar surface area (TPSA) is 40.5 Å². The molecule has 0 aliphatic carbocycles. The first kappa shape index (κ1) is 7.92. The predicted octanol–water partition coefficient (Wildman–Crippen LogP) is 0.201. The number of aliphatic hydroxyl groups is 2. The van der Waals surface area contributed by atoms with Gasteiger partial charge in [0.2, 0.25) is 0 Å². The first-order valence-corrected chi connectivity index (χ1v) is 2.86. The lowest BCUT2D eigenvalue weighted by atomic mass is 10.1. The fourth-order valence-corrected chi connectivity index (χ4v) is 0.501. The summed E-state index contributed by atoms with van der Waals surface area (Å²) in [5, 5.41) is 16.7. The van der Waals surface area contributed by atoms with Crippen LogP contribution in [0.4, 0.5) is 0 Å². The Hall–Kier alpha value is -0.0800. The number of hydrogen-bond acceptors (Lipinski definition) is 2. The third-order valence-corrected chi connectivity index (χ3v) is 1.09. The van der Waals surface area contributed by atoms with Gasteiger partial charge in [-0.2, -0.15) is 0 Å². The summed E-state index contributed by atoms with van der Waals surface area (Å²) in [7, 11) is 0. The minimum atomic E-state index is 0.112. The van der Waals surface area contributed by atoms with Gasteiger partial charge in [0.1, 0.15) is 0 Å². The Morgan fingerprint density at radius 3 is 2.50 bits per heavy atom.